The van der Waals surface area contributed by atoms with E-state index in [-0.39, 0.29) is 11.9 Å². The number of nitrogens with one attached hydrogen (secondary N) is 2. The first-order chi connectivity index (χ1) is 9.58. The minimum absolute atomic E-state index is 0.0722. The van der Waals surface area contributed by atoms with Crippen LogP contribution in [0, 0.1) is 0 Å². The quantitative estimate of drug-likeness (QED) is 0.713. The number of amides is 1. The molecule has 2 aromatic heterocycles. The van der Waals surface area contributed by atoms with Crippen LogP contribution in [0.25, 0.3) is 17.1 Å². The second kappa shape index (κ2) is 4.64. The van der Waals surface area contributed by atoms with E-state index >= 15 is 0 Å². The molecule has 0 aliphatic carbocycles. The average molecular weight is 272 g/mol. The Balaban J connectivity index is 1.99. The van der Waals surface area contributed by atoms with E-state index in [0.29, 0.717) is 5.70 Å². The maximum absolute atomic E-state index is 12.2. The predicted molar refractivity (Wildman–Crippen MR) is 75.2 cm³/mol. The summed E-state index contributed by atoms with van der Waals surface area (Å²) in [7, 11) is 0. The molecule has 6 heteroatoms. The number of carbonyl (C=O) groups excluding carboxylic acids is 1. The van der Waals surface area contributed by atoms with Crippen molar-refractivity contribution in [1.29, 1.82) is 0 Å². The van der Waals surface area contributed by atoms with Gasteiger partial charge in [0.2, 0.25) is 6.35 Å². The van der Waals surface area contributed by atoms with E-state index in [0.717, 1.165) is 16.6 Å². The van der Waals surface area contributed by atoms with Crippen molar-refractivity contribution in [3.8, 4) is 0 Å². The Morgan fingerprint density at radius 2 is 2.30 bits per heavy atom. The SMILES string of the molecule is CC(C)N1C(=O)/C(=C/c2c[nH]c3cccnc23)NC1O. The molecular weight excluding hydrogens is 256 g/mol. The predicted octanol–water partition coefficient (Wildman–Crippen LogP) is 1.02. The van der Waals surface area contributed by atoms with Crippen LogP contribution >= 0.6 is 0 Å². The maximum Gasteiger partial charge on any atom is 0.273 e. The van der Waals surface area contributed by atoms with Gasteiger partial charge in [-0.15, -0.1) is 0 Å². The Bertz CT molecular complexity index is 689. The lowest BCUT2D eigenvalue weighted by atomic mass is 10.2. The minimum Gasteiger partial charge on any atom is -0.359 e. The van der Waals surface area contributed by atoms with Crippen molar-refractivity contribution in [2.45, 2.75) is 26.2 Å². The van der Waals surface area contributed by atoms with Crippen LogP contribution in [-0.2, 0) is 4.79 Å². The monoisotopic (exact) mass is 272 g/mol. The van der Waals surface area contributed by atoms with Gasteiger partial charge in [0.15, 0.2) is 0 Å². The molecular formula is C14H16N4O2. The summed E-state index contributed by atoms with van der Waals surface area (Å²) in [5.41, 5.74) is 2.89. The van der Waals surface area contributed by atoms with Crippen LogP contribution in [0.4, 0.5) is 0 Å². The number of H-pyrrole nitrogens is 1. The lowest BCUT2D eigenvalue weighted by molar-refractivity contribution is -0.133. The fourth-order valence-corrected chi connectivity index (χ4v) is 2.38. The summed E-state index contributed by atoms with van der Waals surface area (Å²) in [6, 6.07) is 3.69. The molecule has 0 saturated carbocycles. The van der Waals surface area contributed by atoms with Crippen LogP contribution in [0.3, 0.4) is 0 Å². The molecule has 0 radical (unpaired) electrons. The summed E-state index contributed by atoms with van der Waals surface area (Å²) in [6.07, 6.45) is 4.23. The lowest BCUT2D eigenvalue weighted by Gasteiger charge is -2.22. The van der Waals surface area contributed by atoms with Crippen molar-refractivity contribution in [2.75, 3.05) is 0 Å². The van der Waals surface area contributed by atoms with Crippen molar-refractivity contribution >= 4 is 23.0 Å². The van der Waals surface area contributed by atoms with Gasteiger partial charge in [0.05, 0.1) is 11.0 Å². The highest BCUT2D eigenvalue weighted by Crippen LogP contribution is 2.21. The van der Waals surface area contributed by atoms with Crippen LogP contribution in [-0.4, -0.2) is 38.3 Å². The van der Waals surface area contributed by atoms with Gasteiger partial charge in [-0.05, 0) is 32.1 Å². The molecule has 1 atom stereocenters. The Labute approximate surface area is 116 Å². The van der Waals surface area contributed by atoms with Crippen molar-refractivity contribution < 1.29 is 9.90 Å². The number of hydrogen-bond acceptors (Lipinski definition) is 4. The largest absolute Gasteiger partial charge is 0.359 e. The first-order valence-electron chi connectivity index (χ1n) is 6.49. The molecule has 20 heavy (non-hydrogen) atoms. The molecule has 1 fully saturated rings. The molecule has 3 N–H and O–H groups in total. The topological polar surface area (TPSA) is 81.2 Å². The molecule has 1 unspecified atom stereocenters. The van der Waals surface area contributed by atoms with Crippen LogP contribution in [0.5, 0.6) is 0 Å². The highest BCUT2D eigenvalue weighted by atomic mass is 16.3. The molecule has 1 aliphatic rings. The fraction of sp³-hybridized carbons (Fsp3) is 0.286. The summed E-state index contributed by atoms with van der Waals surface area (Å²) >= 11 is 0. The number of rotatable bonds is 2. The molecule has 1 saturated heterocycles. The number of pyridine rings is 1. The van der Waals surface area contributed by atoms with Crippen LogP contribution in [0.2, 0.25) is 0 Å². The number of fused-ring (bicyclic) bond motifs is 1. The second-order valence-electron chi connectivity index (χ2n) is 5.03. The van der Waals surface area contributed by atoms with Crippen molar-refractivity contribution in [3.05, 3.63) is 35.8 Å². The van der Waals surface area contributed by atoms with Crippen LogP contribution < -0.4 is 5.32 Å². The zero-order chi connectivity index (χ0) is 14.3. The molecule has 3 heterocycles. The van der Waals surface area contributed by atoms with Crippen molar-refractivity contribution in [1.82, 2.24) is 20.2 Å². The Hall–Kier alpha value is -2.34. The van der Waals surface area contributed by atoms with E-state index < -0.39 is 6.35 Å². The summed E-state index contributed by atoms with van der Waals surface area (Å²) < 4.78 is 0. The summed E-state index contributed by atoms with van der Waals surface area (Å²) in [6.45, 7) is 3.72. The Kier molecular flexibility index (Phi) is 2.94. The Morgan fingerprint density at radius 1 is 1.50 bits per heavy atom. The first-order valence-corrected chi connectivity index (χ1v) is 6.49. The van der Waals surface area contributed by atoms with Gasteiger partial charge in [-0.3, -0.25) is 14.7 Å². The highest BCUT2D eigenvalue weighted by Gasteiger charge is 2.35. The third kappa shape index (κ3) is 1.94. The number of nitrogens with zero attached hydrogens (tertiary/aromatic N) is 2. The molecule has 3 rings (SSSR count). The number of aliphatic hydroxyl groups excluding tert-OH is 1. The second-order valence-corrected chi connectivity index (χ2v) is 5.03. The van der Waals surface area contributed by atoms with E-state index in [9.17, 15) is 9.90 Å². The lowest BCUT2D eigenvalue weighted by Crippen LogP contribution is -2.41. The maximum atomic E-state index is 12.2. The zero-order valence-electron chi connectivity index (χ0n) is 11.3. The minimum atomic E-state index is -0.980. The normalized spacial score (nSPS) is 21.2. The van der Waals surface area contributed by atoms with Crippen LogP contribution in [0.1, 0.15) is 19.4 Å². The van der Waals surface area contributed by atoms with E-state index in [1.807, 2.05) is 26.0 Å². The smallest absolute Gasteiger partial charge is 0.273 e. The molecule has 0 aromatic carbocycles. The third-order valence-corrected chi connectivity index (χ3v) is 3.33. The summed E-state index contributed by atoms with van der Waals surface area (Å²) in [5, 5.41) is 12.7. The summed E-state index contributed by atoms with van der Waals surface area (Å²) in [5.74, 6) is -0.210. The molecule has 6 nitrogen and oxygen atoms in total. The summed E-state index contributed by atoms with van der Waals surface area (Å²) in [4.78, 5) is 21.0. The molecule has 0 bridgehead atoms. The van der Waals surface area contributed by atoms with Crippen molar-refractivity contribution in [2.24, 2.45) is 0 Å². The van der Waals surface area contributed by atoms with Gasteiger partial charge in [0.1, 0.15) is 5.70 Å². The van der Waals surface area contributed by atoms with Gasteiger partial charge < -0.3 is 15.4 Å². The average Bonchev–Trinajstić information content (AvgIpc) is 2.93. The molecule has 1 aliphatic heterocycles. The number of aromatic amines is 1. The molecule has 2 aromatic rings. The Morgan fingerprint density at radius 3 is 3.00 bits per heavy atom. The third-order valence-electron chi connectivity index (χ3n) is 3.33. The van der Waals surface area contributed by atoms with Gasteiger partial charge in [0, 0.05) is 24.0 Å². The van der Waals surface area contributed by atoms with E-state index in [1.54, 1.807) is 18.5 Å². The number of aromatic nitrogens is 2. The van der Waals surface area contributed by atoms with Crippen molar-refractivity contribution in [3.63, 3.8) is 0 Å². The number of carbonyl (C=O) groups is 1. The van der Waals surface area contributed by atoms with E-state index in [2.05, 4.69) is 15.3 Å². The zero-order valence-corrected chi connectivity index (χ0v) is 11.3. The molecule has 104 valence electrons. The fourth-order valence-electron chi connectivity index (χ4n) is 2.38. The van der Waals surface area contributed by atoms with E-state index in [4.69, 9.17) is 0 Å². The van der Waals surface area contributed by atoms with Crippen LogP contribution in [0.15, 0.2) is 30.2 Å². The van der Waals surface area contributed by atoms with Gasteiger partial charge in [-0.25, -0.2) is 0 Å². The number of hydrogen-bond donors (Lipinski definition) is 3. The van der Waals surface area contributed by atoms with Gasteiger partial charge in [0.25, 0.3) is 5.91 Å². The number of aliphatic hydroxyl groups is 1. The van der Waals surface area contributed by atoms with E-state index in [1.165, 1.54) is 4.90 Å². The molecule has 1 amide bonds. The highest BCUT2D eigenvalue weighted by molar-refractivity contribution is 6.01. The standard InChI is InChI=1S/C14H16N4O2/c1-8(2)18-13(19)11(17-14(18)20)6-9-7-16-10-4-3-5-15-12(9)10/h3-8,14,16-17,20H,1-2H3/b11-6-. The van der Waals surface area contributed by atoms with Gasteiger partial charge in [-0.1, -0.05) is 0 Å². The van der Waals surface area contributed by atoms with Gasteiger partial charge >= 0.3 is 0 Å². The molecule has 0 spiro atoms. The van der Waals surface area contributed by atoms with Gasteiger partial charge in [-0.2, -0.15) is 0 Å². The first kappa shape index (κ1) is 12.7.